The molecule has 1 aromatic heterocycles. The van der Waals surface area contributed by atoms with Gasteiger partial charge in [0.15, 0.2) is 5.58 Å². The van der Waals surface area contributed by atoms with Gasteiger partial charge in [0.1, 0.15) is 5.52 Å². The van der Waals surface area contributed by atoms with E-state index in [1.165, 1.54) is 0 Å². The summed E-state index contributed by atoms with van der Waals surface area (Å²) in [5.74, 6) is 0.556. The summed E-state index contributed by atoms with van der Waals surface area (Å²) in [5, 5.41) is 14.4. The largest absolute Gasteiger partial charge is 0.436 e. The second kappa shape index (κ2) is 7.87. The van der Waals surface area contributed by atoms with Crippen LogP contribution >= 0.6 is 0 Å². The Labute approximate surface area is 170 Å². The lowest BCUT2D eigenvalue weighted by atomic mass is 10.0. The van der Waals surface area contributed by atoms with Crippen LogP contribution in [0.5, 0.6) is 0 Å². The number of aryl methyl sites for hydroxylation is 1. The molecule has 1 aliphatic rings. The van der Waals surface area contributed by atoms with Crippen molar-refractivity contribution in [3.8, 4) is 11.5 Å². The van der Waals surface area contributed by atoms with Crippen LogP contribution in [0, 0.1) is 6.92 Å². The first kappa shape index (κ1) is 19.5. The minimum atomic E-state index is -0.663. The van der Waals surface area contributed by atoms with Gasteiger partial charge >= 0.3 is 0 Å². The molecule has 6 nitrogen and oxygen atoms in total. The van der Waals surface area contributed by atoms with Crippen molar-refractivity contribution in [1.29, 1.82) is 0 Å². The van der Waals surface area contributed by atoms with Gasteiger partial charge in [0.05, 0.1) is 6.10 Å². The molecule has 0 amide bonds. The second-order valence-corrected chi connectivity index (χ2v) is 7.95. The highest BCUT2D eigenvalue weighted by Gasteiger charge is 2.29. The third kappa shape index (κ3) is 4.59. The van der Waals surface area contributed by atoms with Gasteiger partial charge in [0.2, 0.25) is 11.8 Å². The zero-order valence-corrected chi connectivity index (χ0v) is 17.0. The van der Waals surface area contributed by atoms with E-state index in [1.807, 2.05) is 63.2 Å². The number of fused-ring (bicyclic) bond motifs is 1. The van der Waals surface area contributed by atoms with Crippen molar-refractivity contribution in [3.05, 3.63) is 53.6 Å². The van der Waals surface area contributed by atoms with Crippen molar-refractivity contribution >= 4 is 17.0 Å². The first-order valence-electron chi connectivity index (χ1n) is 9.99. The number of oxazole rings is 1. The monoisotopic (exact) mass is 394 g/mol. The molecule has 0 bridgehead atoms. The number of unbranched alkanes of at least 4 members (excludes halogenated alkanes) is 1. The Morgan fingerprint density at radius 3 is 2.59 bits per heavy atom. The summed E-state index contributed by atoms with van der Waals surface area (Å²) in [6, 6.07) is 13.7. The predicted octanol–water partition coefficient (Wildman–Crippen LogP) is 5.49. The van der Waals surface area contributed by atoms with Gasteiger partial charge in [-0.25, -0.2) is 4.98 Å². The fourth-order valence-electron chi connectivity index (χ4n) is 3.37. The Balaban J connectivity index is 1.31. The first-order valence-corrected chi connectivity index (χ1v) is 9.99. The summed E-state index contributed by atoms with van der Waals surface area (Å²) in [4.78, 5) is 9.74. The van der Waals surface area contributed by atoms with Crippen LogP contribution in [0.3, 0.4) is 0 Å². The zero-order valence-electron chi connectivity index (χ0n) is 17.0. The standard InChI is InChI=1S/C23H26N2O4/c1-15-8-13-20-18(14-15)24-22(27-20)17-11-9-16(10-12-17)19(26)6-4-5-7-21-25-29-23(2,3)28-21/h8-14,19,26H,4-7H2,1-3H3/t19-/m1/s1. The van der Waals surface area contributed by atoms with Gasteiger partial charge in [0.25, 0.3) is 5.79 Å². The van der Waals surface area contributed by atoms with E-state index < -0.39 is 11.9 Å². The van der Waals surface area contributed by atoms with Crippen LogP contribution < -0.4 is 0 Å². The third-order valence-electron chi connectivity index (χ3n) is 4.93. The molecule has 152 valence electrons. The van der Waals surface area contributed by atoms with Crippen LogP contribution in [0.25, 0.3) is 22.6 Å². The summed E-state index contributed by atoms with van der Waals surface area (Å²) in [7, 11) is 0. The summed E-state index contributed by atoms with van der Waals surface area (Å²) >= 11 is 0. The molecule has 0 aliphatic carbocycles. The number of nitrogens with zero attached hydrogens (tertiary/aromatic N) is 2. The van der Waals surface area contributed by atoms with Gasteiger partial charge < -0.3 is 19.1 Å². The molecular weight excluding hydrogens is 368 g/mol. The zero-order chi connectivity index (χ0) is 20.4. The average molecular weight is 394 g/mol. The molecule has 6 heteroatoms. The molecule has 0 saturated carbocycles. The maximum atomic E-state index is 10.5. The molecule has 0 saturated heterocycles. The minimum Gasteiger partial charge on any atom is -0.436 e. The molecule has 1 N–H and O–H groups in total. The highest BCUT2D eigenvalue weighted by molar-refractivity contribution is 5.77. The molecule has 0 fully saturated rings. The first-order chi connectivity index (χ1) is 13.9. The van der Waals surface area contributed by atoms with Crippen LogP contribution in [0.1, 0.15) is 56.8 Å². The number of oxime groups is 1. The molecule has 2 heterocycles. The van der Waals surface area contributed by atoms with E-state index in [0.717, 1.165) is 40.6 Å². The SMILES string of the molecule is Cc1ccc2oc(-c3ccc([C@H](O)CCCCC4=NOC(C)(C)O4)cc3)nc2c1. The number of ether oxygens (including phenoxy) is 1. The Hall–Kier alpha value is -2.86. The molecule has 0 spiro atoms. The van der Waals surface area contributed by atoms with Gasteiger partial charge in [-0.2, -0.15) is 0 Å². The number of aliphatic hydroxyl groups is 1. The molecule has 0 unspecified atom stereocenters. The number of aliphatic hydroxyl groups excluding tert-OH is 1. The van der Waals surface area contributed by atoms with Gasteiger partial charge in [0, 0.05) is 25.8 Å². The maximum absolute atomic E-state index is 10.5. The van der Waals surface area contributed by atoms with Crippen LogP contribution in [0.15, 0.2) is 52.0 Å². The van der Waals surface area contributed by atoms with E-state index in [9.17, 15) is 5.11 Å². The summed E-state index contributed by atoms with van der Waals surface area (Å²) in [6.07, 6.45) is 2.64. The van der Waals surface area contributed by atoms with Crippen LogP contribution in [0.4, 0.5) is 0 Å². The number of hydrogen-bond donors (Lipinski definition) is 1. The quantitative estimate of drug-likeness (QED) is 0.536. The lowest BCUT2D eigenvalue weighted by Gasteiger charge is -2.15. The van der Waals surface area contributed by atoms with Crippen molar-refractivity contribution in [2.45, 2.75) is 58.3 Å². The summed E-state index contributed by atoms with van der Waals surface area (Å²) in [6.45, 7) is 5.70. The summed E-state index contributed by atoms with van der Waals surface area (Å²) in [5.41, 5.74) is 4.57. The number of rotatable bonds is 7. The fourth-order valence-corrected chi connectivity index (χ4v) is 3.37. The lowest BCUT2D eigenvalue weighted by Crippen LogP contribution is -2.22. The topological polar surface area (TPSA) is 77.1 Å². The van der Waals surface area contributed by atoms with Gasteiger partial charge in [-0.1, -0.05) is 24.6 Å². The Morgan fingerprint density at radius 1 is 1.07 bits per heavy atom. The Kier molecular flexibility index (Phi) is 5.28. The molecule has 29 heavy (non-hydrogen) atoms. The minimum absolute atomic E-state index is 0.505. The van der Waals surface area contributed by atoms with Crippen molar-refractivity contribution in [2.75, 3.05) is 0 Å². The molecule has 4 rings (SSSR count). The molecule has 2 aromatic carbocycles. The van der Waals surface area contributed by atoms with Crippen LogP contribution in [-0.2, 0) is 9.57 Å². The van der Waals surface area contributed by atoms with Gasteiger partial charge in [-0.15, -0.1) is 0 Å². The number of hydrogen-bond acceptors (Lipinski definition) is 6. The van der Waals surface area contributed by atoms with E-state index in [2.05, 4.69) is 10.1 Å². The van der Waals surface area contributed by atoms with E-state index in [1.54, 1.807) is 0 Å². The van der Waals surface area contributed by atoms with E-state index in [-0.39, 0.29) is 0 Å². The van der Waals surface area contributed by atoms with E-state index in [0.29, 0.717) is 24.6 Å². The third-order valence-corrected chi connectivity index (χ3v) is 4.93. The van der Waals surface area contributed by atoms with E-state index in [4.69, 9.17) is 14.0 Å². The Morgan fingerprint density at radius 2 is 1.86 bits per heavy atom. The van der Waals surface area contributed by atoms with Gasteiger partial charge in [-0.3, -0.25) is 0 Å². The van der Waals surface area contributed by atoms with Crippen LogP contribution in [0.2, 0.25) is 0 Å². The summed E-state index contributed by atoms with van der Waals surface area (Å²) < 4.78 is 11.4. The highest BCUT2D eigenvalue weighted by Crippen LogP contribution is 2.28. The van der Waals surface area contributed by atoms with Crippen molar-refractivity contribution in [2.24, 2.45) is 5.16 Å². The number of benzene rings is 2. The molecule has 1 aliphatic heterocycles. The predicted molar refractivity (Wildman–Crippen MR) is 111 cm³/mol. The lowest BCUT2D eigenvalue weighted by molar-refractivity contribution is -0.129. The smallest absolute Gasteiger partial charge is 0.271 e. The Bertz CT molecular complexity index is 1020. The van der Waals surface area contributed by atoms with Crippen molar-refractivity contribution in [3.63, 3.8) is 0 Å². The molecule has 1 atom stereocenters. The normalized spacial score (nSPS) is 16.3. The van der Waals surface area contributed by atoms with Crippen molar-refractivity contribution < 1.29 is 19.1 Å². The van der Waals surface area contributed by atoms with Crippen LogP contribution in [-0.4, -0.2) is 21.8 Å². The van der Waals surface area contributed by atoms with Gasteiger partial charge in [-0.05, 0) is 60.3 Å². The molecule has 3 aromatic rings. The highest BCUT2D eigenvalue weighted by atomic mass is 16.8. The van der Waals surface area contributed by atoms with Crippen molar-refractivity contribution in [1.82, 2.24) is 4.98 Å². The number of aromatic nitrogens is 1. The van der Waals surface area contributed by atoms with E-state index >= 15 is 0 Å². The second-order valence-electron chi connectivity index (χ2n) is 7.95. The molecular formula is C23H26N2O4. The molecule has 0 radical (unpaired) electrons. The maximum Gasteiger partial charge on any atom is 0.271 e. The fraction of sp³-hybridized carbons (Fsp3) is 0.391. The average Bonchev–Trinajstić information content (AvgIpc) is 3.27.